The van der Waals surface area contributed by atoms with E-state index in [4.69, 9.17) is 4.74 Å². The van der Waals surface area contributed by atoms with Crippen LogP contribution >= 0.6 is 0 Å². The van der Waals surface area contributed by atoms with Gasteiger partial charge < -0.3 is 9.84 Å². The number of methoxy groups -OCH3 is 1. The summed E-state index contributed by atoms with van der Waals surface area (Å²) in [7, 11) is -2.87. The van der Waals surface area contributed by atoms with Crippen molar-refractivity contribution in [1.82, 2.24) is 9.71 Å². The number of benzene rings is 1. The van der Waals surface area contributed by atoms with E-state index in [-0.39, 0.29) is 16.2 Å². The smallest absolute Gasteiger partial charge is 0.326 e. The van der Waals surface area contributed by atoms with E-state index in [2.05, 4.69) is 4.98 Å². The Balaban J connectivity index is 2.37. The molecule has 0 spiro atoms. The number of carboxylic acids is 1. The van der Waals surface area contributed by atoms with Crippen LogP contribution in [0.15, 0.2) is 47.6 Å². The van der Waals surface area contributed by atoms with Gasteiger partial charge >= 0.3 is 5.97 Å². The average Bonchev–Trinajstić information content (AvgIpc) is 2.53. The molecule has 2 rings (SSSR count). The highest BCUT2D eigenvalue weighted by Gasteiger charge is 2.27. The van der Waals surface area contributed by atoms with Gasteiger partial charge in [-0.3, -0.25) is 9.78 Å². The van der Waals surface area contributed by atoms with Crippen molar-refractivity contribution in [2.45, 2.75) is 10.9 Å². The molecule has 2 N–H and O–H groups in total. The van der Waals surface area contributed by atoms with Crippen molar-refractivity contribution in [3.63, 3.8) is 0 Å². The minimum absolute atomic E-state index is 0.0664. The Morgan fingerprint density at radius 1 is 1.39 bits per heavy atom. The normalized spacial score (nSPS) is 12.6. The number of aliphatic carboxylic acids is 1. The Morgan fingerprint density at radius 3 is 2.65 bits per heavy atom. The molecular weight excluding hydrogens is 327 g/mol. The first-order valence-corrected chi connectivity index (χ1v) is 7.82. The monoisotopic (exact) mass is 340 g/mol. The zero-order chi connectivity index (χ0) is 17.0. The summed E-state index contributed by atoms with van der Waals surface area (Å²) in [5.74, 6) is -2.34. The molecule has 9 heteroatoms. The summed E-state index contributed by atoms with van der Waals surface area (Å²) >= 11 is 0. The van der Waals surface area contributed by atoms with Crippen LogP contribution in [-0.4, -0.2) is 31.6 Å². The van der Waals surface area contributed by atoms with Crippen molar-refractivity contribution in [3.05, 3.63) is 54.1 Å². The van der Waals surface area contributed by atoms with Crippen LogP contribution < -0.4 is 9.46 Å². The van der Waals surface area contributed by atoms with Crippen molar-refractivity contribution < 1.29 is 27.4 Å². The quantitative estimate of drug-likeness (QED) is 0.822. The number of ether oxygens (including phenoxy) is 1. The Labute approximate surface area is 131 Å². The maximum atomic E-state index is 13.7. The summed E-state index contributed by atoms with van der Waals surface area (Å²) in [5, 5.41) is 9.26. The van der Waals surface area contributed by atoms with Gasteiger partial charge in [0.15, 0.2) is 11.6 Å². The SMILES string of the molecule is COc1ccc(C(NS(=O)(=O)c2cccnc2)C(=O)O)cc1F. The van der Waals surface area contributed by atoms with Crippen LogP contribution in [0.4, 0.5) is 4.39 Å². The largest absolute Gasteiger partial charge is 0.494 e. The number of carboxylic acid groups (broad SMARTS) is 1. The number of rotatable bonds is 6. The first kappa shape index (κ1) is 16.8. The molecule has 1 unspecified atom stereocenters. The molecule has 0 aliphatic rings. The van der Waals surface area contributed by atoms with Crippen molar-refractivity contribution in [2.75, 3.05) is 7.11 Å². The molecule has 0 saturated heterocycles. The standard InChI is InChI=1S/C14H13FN2O5S/c1-22-12-5-4-9(7-11(12)15)13(14(18)19)17-23(20,21)10-3-2-6-16-8-10/h2-8,13,17H,1H3,(H,18,19). The number of hydrogen-bond donors (Lipinski definition) is 2. The topological polar surface area (TPSA) is 106 Å². The molecule has 0 aliphatic carbocycles. The van der Waals surface area contributed by atoms with Crippen LogP contribution in [0.2, 0.25) is 0 Å². The molecule has 0 amide bonds. The molecule has 1 aromatic carbocycles. The Hall–Kier alpha value is -2.52. The highest BCUT2D eigenvalue weighted by Crippen LogP contribution is 2.23. The van der Waals surface area contributed by atoms with E-state index in [9.17, 15) is 22.7 Å². The molecule has 122 valence electrons. The summed E-state index contributed by atoms with van der Waals surface area (Å²) < 4.78 is 44.9. The highest BCUT2D eigenvalue weighted by atomic mass is 32.2. The minimum Gasteiger partial charge on any atom is -0.494 e. The van der Waals surface area contributed by atoms with E-state index in [1.54, 1.807) is 0 Å². The molecule has 7 nitrogen and oxygen atoms in total. The molecule has 23 heavy (non-hydrogen) atoms. The molecule has 2 aromatic rings. The van der Waals surface area contributed by atoms with E-state index in [1.165, 1.54) is 37.6 Å². The first-order chi connectivity index (χ1) is 10.8. The molecule has 0 saturated carbocycles. The van der Waals surface area contributed by atoms with Crippen molar-refractivity contribution in [1.29, 1.82) is 0 Å². The molecule has 0 radical (unpaired) electrons. The number of carbonyl (C=O) groups is 1. The summed E-state index contributed by atoms with van der Waals surface area (Å²) in [4.78, 5) is 14.9. The zero-order valence-electron chi connectivity index (χ0n) is 11.9. The third-order valence-electron chi connectivity index (χ3n) is 2.97. The van der Waals surface area contributed by atoms with E-state index in [0.29, 0.717) is 0 Å². The summed E-state index contributed by atoms with van der Waals surface area (Å²) in [6.45, 7) is 0. The third-order valence-corrected chi connectivity index (χ3v) is 4.38. The summed E-state index contributed by atoms with van der Waals surface area (Å²) in [5.41, 5.74) is -0.0664. The average molecular weight is 340 g/mol. The maximum absolute atomic E-state index is 13.7. The molecular formula is C14H13FN2O5S. The fraction of sp³-hybridized carbons (Fsp3) is 0.143. The number of hydrogen-bond acceptors (Lipinski definition) is 5. The van der Waals surface area contributed by atoms with Gasteiger partial charge in [-0.1, -0.05) is 6.07 Å². The van der Waals surface area contributed by atoms with Gasteiger partial charge in [0, 0.05) is 12.4 Å². The number of aromatic nitrogens is 1. The number of nitrogens with zero attached hydrogens (tertiary/aromatic N) is 1. The fourth-order valence-electron chi connectivity index (χ4n) is 1.85. The number of halogens is 1. The lowest BCUT2D eigenvalue weighted by molar-refractivity contribution is -0.139. The fourth-order valence-corrected chi connectivity index (χ4v) is 2.99. The number of nitrogens with one attached hydrogen (secondary N) is 1. The third kappa shape index (κ3) is 3.82. The van der Waals surface area contributed by atoms with Gasteiger partial charge in [-0.2, -0.15) is 4.72 Å². The first-order valence-electron chi connectivity index (χ1n) is 6.34. The Morgan fingerprint density at radius 2 is 2.13 bits per heavy atom. The van der Waals surface area contributed by atoms with Gasteiger partial charge in [-0.15, -0.1) is 0 Å². The van der Waals surface area contributed by atoms with Gasteiger partial charge in [-0.25, -0.2) is 12.8 Å². The van der Waals surface area contributed by atoms with Crippen LogP contribution in [0, 0.1) is 5.82 Å². The lowest BCUT2D eigenvalue weighted by atomic mass is 10.1. The van der Waals surface area contributed by atoms with Gasteiger partial charge in [0.1, 0.15) is 10.9 Å². The predicted octanol–water partition coefficient (Wildman–Crippen LogP) is 1.33. The molecule has 1 aromatic heterocycles. The van der Waals surface area contributed by atoms with Crippen LogP contribution in [0.5, 0.6) is 5.75 Å². The van der Waals surface area contributed by atoms with Crippen molar-refractivity contribution >= 4 is 16.0 Å². The molecule has 0 aliphatic heterocycles. The molecule has 1 atom stereocenters. The second-order valence-electron chi connectivity index (χ2n) is 4.48. The van der Waals surface area contributed by atoms with Gasteiger partial charge in [0.2, 0.25) is 10.0 Å². The highest BCUT2D eigenvalue weighted by molar-refractivity contribution is 7.89. The summed E-state index contributed by atoms with van der Waals surface area (Å²) in [6, 6.07) is 4.41. The zero-order valence-corrected chi connectivity index (χ0v) is 12.7. The van der Waals surface area contributed by atoms with Crippen LogP contribution in [0.3, 0.4) is 0 Å². The van der Waals surface area contributed by atoms with Crippen molar-refractivity contribution in [3.8, 4) is 5.75 Å². The minimum atomic E-state index is -4.13. The molecule has 0 fully saturated rings. The molecule has 1 heterocycles. The number of sulfonamides is 1. The second-order valence-corrected chi connectivity index (χ2v) is 6.19. The van der Waals surface area contributed by atoms with Crippen molar-refractivity contribution in [2.24, 2.45) is 0 Å². The Kier molecular flexibility index (Phi) is 4.92. The maximum Gasteiger partial charge on any atom is 0.326 e. The van der Waals surface area contributed by atoms with Gasteiger partial charge in [0.25, 0.3) is 0 Å². The van der Waals surface area contributed by atoms with Crippen LogP contribution in [0.1, 0.15) is 11.6 Å². The summed E-state index contributed by atoms with van der Waals surface area (Å²) in [6.07, 6.45) is 2.46. The molecule has 0 bridgehead atoms. The van der Waals surface area contributed by atoms with E-state index in [1.807, 2.05) is 4.72 Å². The lowest BCUT2D eigenvalue weighted by Gasteiger charge is -2.15. The predicted molar refractivity (Wildman–Crippen MR) is 77.9 cm³/mol. The van der Waals surface area contributed by atoms with E-state index < -0.39 is 27.9 Å². The second kappa shape index (κ2) is 6.71. The van der Waals surface area contributed by atoms with Crippen LogP contribution in [-0.2, 0) is 14.8 Å². The van der Waals surface area contributed by atoms with Crippen LogP contribution in [0.25, 0.3) is 0 Å². The Bertz CT molecular complexity index is 811. The van der Waals surface area contributed by atoms with Gasteiger partial charge in [0.05, 0.1) is 7.11 Å². The number of pyridine rings is 1. The van der Waals surface area contributed by atoms with Gasteiger partial charge in [-0.05, 0) is 29.8 Å². The lowest BCUT2D eigenvalue weighted by Crippen LogP contribution is -2.33. The van der Waals surface area contributed by atoms with E-state index >= 15 is 0 Å². The van der Waals surface area contributed by atoms with E-state index in [0.717, 1.165) is 12.3 Å².